The molecule has 0 aromatic carbocycles. The zero-order valence-electron chi connectivity index (χ0n) is 8.95. The first-order valence-electron chi connectivity index (χ1n) is 4.74. The number of aliphatic hydroxyl groups is 1. The van der Waals surface area contributed by atoms with Crippen LogP contribution in [-0.4, -0.2) is 37.8 Å². The molecule has 0 radical (unpaired) electrons. The normalized spacial score (nSPS) is 21.4. The van der Waals surface area contributed by atoms with Gasteiger partial charge in [0.05, 0.1) is 6.61 Å². The molecule has 1 aliphatic rings. The second-order valence-electron chi connectivity index (χ2n) is 3.51. The van der Waals surface area contributed by atoms with Gasteiger partial charge >= 0.3 is 0 Å². The van der Waals surface area contributed by atoms with Crippen molar-refractivity contribution >= 4 is 0 Å². The van der Waals surface area contributed by atoms with E-state index < -0.39 is 11.9 Å². The van der Waals surface area contributed by atoms with E-state index in [0.717, 1.165) is 12.8 Å². The molecule has 14 heavy (non-hydrogen) atoms. The SMILES string of the molecule is COC(OC)C(C)(O)C1=CCCCO1. The van der Waals surface area contributed by atoms with E-state index in [0.29, 0.717) is 12.4 Å². The minimum Gasteiger partial charge on any atom is -0.495 e. The van der Waals surface area contributed by atoms with Gasteiger partial charge in [-0.2, -0.15) is 0 Å². The van der Waals surface area contributed by atoms with E-state index in [4.69, 9.17) is 14.2 Å². The molecule has 0 saturated heterocycles. The van der Waals surface area contributed by atoms with Crippen molar-refractivity contribution in [3.8, 4) is 0 Å². The minimum atomic E-state index is -1.22. The average molecular weight is 202 g/mol. The molecule has 4 heteroatoms. The maximum absolute atomic E-state index is 10.2. The zero-order valence-corrected chi connectivity index (χ0v) is 8.95. The van der Waals surface area contributed by atoms with Crippen molar-refractivity contribution < 1.29 is 19.3 Å². The third-order valence-electron chi connectivity index (χ3n) is 2.32. The standard InChI is InChI=1S/C10H18O4/c1-10(11,9(12-2)13-3)8-6-4-5-7-14-8/h6,9,11H,4-5,7H2,1-3H3. The van der Waals surface area contributed by atoms with Crippen LogP contribution in [-0.2, 0) is 14.2 Å². The van der Waals surface area contributed by atoms with Gasteiger partial charge in [0.15, 0.2) is 11.9 Å². The van der Waals surface area contributed by atoms with E-state index in [9.17, 15) is 5.11 Å². The molecule has 4 nitrogen and oxygen atoms in total. The summed E-state index contributed by atoms with van der Waals surface area (Å²) in [6.07, 6.45) is 3.09. The van der Waals surface area contributed by atoms with Gasteiger partial charge in [0, 0.05) is 14.2 Å². The predicted octanol–water partition coefficient (Wildman–Crippen LogP) is 1.05. The number of ether oxygens (including phenoxy) is 3. The second kappa shape index (κ2) is 4.77. The van der Waals surface area contributed by atoms with Crippen LogP contribution in [0.5, 0.6) is 0 Å². The molecule has 1 rings (SSSR count). The predicted molar refractivity (Wildman–Crippen MR) is 51.7 cm³/mol. The third-order valence-corrected chi connectivity index (χ3v) is 2.32. The molecule has 0 fully saturated rings. The summed E-state index contributed by atoms with van der Waals surface area (Å²) in [5.74, 6) is 0.539. The Labute approximate surface area is 84.5 Å². The maximum atomic E-state index is 10.2. The summed E-state index contributed by atoms with van der Waals surface area (Å²) in [6.45, 7) is 2.27. The fraction of sp³-hybridized carbons (Fsp3) is 0.800. The molecule has 1 aliphatic heterocycles. The quantitative estimate of drug-likeness (QED) is 0.692. The topological polar surface area (TPSA) is 47.9 Å². The summed E-state index contributed by atoms with van der Waals surface area (Å²) >= 11 is 0. The minimum absolute atomic E-state index is 0.539. The molecule has 0 saturated carbocycles. The molecule has 1 atom stereocenters. The molecule has 0 amide bonds. The first-order valence-corrected chi connectivity index (χ1v) is 4.74. The Bertz CT molecular complexity index is 206. The van der Waals surface area contributed by atoms with Crippen molar-refractivity contribution in [3.63, 3.8) is 0 Å². The molecular weight excluding hydrogens is 184 g/mol. The van der Waals surface area contributed by atoms with Gasteiger partial charge in [0.2, 0.25) is 0 Å². The van der Waals surface area contributed by atoms with E-state index in [2.05, 4.69) is 0 Å². The number of rotatable bonds is 4. The second-order valence-corrected chi connectivity index (χ2v) is 3.51. The smallest absolute Gasteiger partial charge is 0.192 e. The van der Waals surface area contributed by atoms with Crippen molar-refractivity contribution in [2.45, 2.75) is 31.7 Å². The van der Waals surface area contributed by atoms with Crippen molar-refractivity contribution in [2.75, 3.05) is 20.8 Å². The van der Waals surface area contributed by atoms with Crippen LogP contribution in [0.1, 0.15) is 19.8 Å². The van der Waals surface area contributed by atoms with Crippen molar-refractivity contribution in [2.24, 2.45) is 0 Å². The monoisotopic (exact) mass is 202 g/mol. The molecule has 1 unspecified atom stereocenters. The van der Waals surface area contributed by atoms with Crippen molar-refractivity contribution in [3.05, 3.63) is 11.8 Å². The van der Waals surface area contributed by atoms with E-state index in [1.165, 1.54) is 14.2 Å². The van der Waals surface area contributed by atoms with E-state index >= 15 is 0 Å². The summed E-state index contributed by atoms with van der Waals surface area (Å²) in [4.78, 5) is 0. The Morgan fingerprint density at radius 3 is 2.57 bits per heavy atom. The van der Waals surface area contributed by atoms with Gasteiger partial charge in [-0.05, 0) is 25.8 Å². The maximum Gasteiger partial charge on any atom is 0.192 e. The zero-order chi connectivity index (χ0) is 10.6. The first-order chi connectivity index (χ1) is 6.62. The van der Waals surface area contributed by atoms with Crippen LogP contribution in [0.4, 0.5) is 0 Å². The Morgan fingerprint density at radius 2 is 2.14 bits per heavy atom. The Kier molecular flexibility index (Phi) is 3.92. The molecule has 0 spiro atoms. The summed E-state index contributed by atoms with van der Waals surface area (Å²) in [6, 6.07) is 0. The highest BCUT2D eigenvalue weighted by molar-refractivity contribution is 5.11. The van der Waals surface area contributed by atoms with Gasteiger partial charge in [0.1, 0.15) is 5.76 Å². The highest BCUT2D eigenvalue weighted by Crippen LogP contribution is 2.27. The molecule has 1 heterocycles. The number of allylic oxidation sites excluding steroid dienone is 1. The van der Waals surface area contributed by atoms with Gasteiger partial charge < -0.3 is 19.3 Å². The molecule has 0 aliphatic carbocycles. The number of hydrogen-bond acceptors (Lipinski definition) is 4. The fourth-order valence-corrected chi connectivity index (χ4v) is 1.58. The first kappa shape index (κ1) is 11.5. The fourth-order valence-electron chi connectivity index (χ4n) is 1.58. The lowest BCUT2D eigenvalue weighted by Crippen LogP contribution is -2.44. The van der Waals surface area contributed by atoms with E-state index in [1.807, 2.05) is 6.08 Å². The lowest BCUT2D eigenvalue weighted by Gasteiger charge is -2.33. The molecule has 0 aromatic rings. The van der Waals surface area contributed by atoms with Crippen molar-refractivity contribution in [1.82, 2.24) is 0 Å². The highest BCUT2D eigenvalue weighted by atomic mass is 16.7. The van der Waals surface area contributed by atoms with Gasteiger partial charge in [-0.25, -0.2) is 0 Å². The van der Waals surface area contributed by atoms with Gasteiger partial charge in [-0.15, -0.1) is 0 Å². The number of hydrogen-bond donors (Lipinski definition) is 1. The summed E-state index contributed by atoms with van der Waals surface area (Å²) in [7, 11) is 2.98. The van der Waals surface area contributed by atoms with Crippen molar-refractivity contribution in [1.29, 1.82) is 0 Å². The Hall–Kier alpha value is -0.580. The summed E-state index contributed by atoms with van der Waals surface area (Å²) in [5, 5.41) is 10.2. The molecule has 0 bridgehead atoms. The van der Waals surface area contributed by atoms with E-state index in [1.54, 1.807) is 6.92 Å². The number of methoxy groups -OCH3 is 2. The van der Waals surface area contributed by atoms with Crippen LogP contribution in [0.15, 0.2) is 11.8 Å². The largest absolute Gasteiger partial charge is 0.495 e. The lowest BCUT2D eigenvalue weighted by molar-refractivity contribution is -0.206. The Balaban J connectivity index is 2.75. The van der Waals surface area contributed by atoms with Crippen LogP contribution < -0.4 is 0 Å². The average Bonchev–Trinajstić information content (AvgIpc) is 2.20. The third kappa shape index (κ3) is 2.26. The lowest BCUT2D eigenvalue weighted by atomic mass is 10.0. The Morgan fingerprint density at radius 1 is 1.50 bits per heavy atom. The van der Waals surface area contributed by atoms with Gasteiger partial charge in [-0.3, -0.25) is 0 Å². The van der Waals surface area contributed by atoms with Gasteiger partial charge in [0.25, 0.3) is 0 Å². The van der Waals surface area contributed by atoms with Crippen LogP contribution in [0.25, 0.3) is 0 Å². The van der Waals surface area contributed by atoms with Crippen LogP contribution in [0.3, 0.4) is 0 Å². The molecule has 1 N–H and O–H groups in total. The van der Waals surface area contributed by atoms with E-state index in [-0.39, 0.29) is 0 Å². The molecular formula is C10H18O4. The molecule has 82 valence electrons. The van der Waals surface area contributed by atoms with Crippen LogP contribution in [0.2, 0.25) is 0 Å². The van der Waals surface area contributed by atoms with Gasteiger partial charge in [-0.1, -0.05) is 0 Å². The summed E-state index contributed by atoms with van der Waals surface area (Å²) in [5.41, 5.74) is -1.22. The van der Waals surface area contributed by atoms with Crippen LogP contribution in [0, 0.1) is 0 Å². The van der Waals surface area contributed by atoms with Crippen LogP contribution >= 0.6 is 0 Å². The summed E-state index contributed by atoms with van der Waals surface area (Å²) < 4.78 is 15.4. The molecule has 0 aromatic heterocycles. The highest BCUT2D eigenvalue weighted by Gasteiger charge is 2.38.